The Hall–Kier alpha value is -2.84. The quantitative estimate of drug-likeness (QED) is 0.356. The molecule has 0 saturated heterocycles. The second kappa shape index (κ2) is 8.45. The van der Waals surface area contributed by atoms with Crippen LogP contribution in [0.2, 0.25) is 0 Å². The van der Waals surface area contributed by atoms with Gasteiger partial charge < -0.3 is 9.30 Å². The lowest BCUT2D eigenvalue weighted by Gasteiger charge is -2.07. The van der Waals surface area contributed by atoms with Crippen LogP contribution in [0.5, 0.6) is 0 Å². The first-order valence-electron chi connectivity index (χ1n) is 8.92. The van der Waals surface area contributed by atoms with E-state index in [9.17, 15) is 14.9 Å². The monoisotopic (exact) mass is 399 g/mol. The summed E-state index contributed by atoms with van der Waals surface area (Å²) in [6.07, 6.45) is 0. The van der Waals surface area contributed by atoms with E-state index < -0.39 is 10.8 Å². The molecule has 0 aliphatic carbocycles. The molecule has 0 unspecified atom stereocenters. The highest BCUT2D eigenvalue weighted by Crippen LogP contribution is 2.22. The number of fused-ring (bicyclic) bond motifs is 1. The third kappa shape index (κ3) is 4.18. The fourth-order valence-corrected chi connectivity index (χ4v) is 3.93. The SMILES string of the molecule is CCOCCn1c(=NC(=O)c2ccc([N+](=O)[O-])cc2)sc2cc(C)c(C)cc21. The summed E-state index contributed by atoms with van der Waals surface area (Å²) in [6, 6.07) is 9.67. The van der Waals surface area contributed by atoms with Crippen molar-refractivity contribution in [3.8, 4) is 0 Å². The molecular formula is C20H21N3O4S. The average molecular weight is 399 g/mol. The zero-order valence-corrected chi connectivity index (χ0v) is 16.8. The molecule has 8 heteroatoms. The maximum atomic E-state index is 12.6. The van der Waals surface area contributed by atoms with Crippen molar-refractivity contribution in [1.29, 1.82) is 0 Å². The largest absolute Gasteiger partial charge is 0.380 e. The first-order chi connectivity index (χ1) is 13.4. The van der Waals surface area contributed by atoms with Gasteiger partial charge in [0.2, 0.25) is 0 Å². The Morgan fingerprint density at radius 2 is 1.89 bits per heavy atom. The molecule has 0 aliphatic heterocycles. The van der Waals surface area contributed by atoms with Gasteiger partial charge in [-0.1, -0.05) is 11.3 Å². The Bertz CT molecular complexity index is 1100. The molecule has 7 nitrogen and oxygen atoms in total. The van der Waals surface area contributed by atoms with Crippen LogP contribution in [0.3, 0.4) is 0 Å². The standard InChI is InChI=1S/C20H21N3O4S/c1-4-27-10-9-22-17-11-13(2)14(3)12-18(17)28-20(22)21-19(24)15-5-7-16(8-6-15)23(25)26/h5-8,11-12H,4,9-10H2,1-3H3. The van der Waals surface area contributed by atoms with E-state index in [1.807, 2.05) is 11.5 Å². The lowest BCUT2D eigenvalue weighted by atomic mass is 10.1. The molecule has 28 heavy (non-hydrogen) atoms. The summed E-state index contributed by atoms with van der Waals surface area (Å²) in [5, 5.41) is 10.8. The molecule has 0 N–H and O–H groups in total. The number of hydrogen-bond donors (Lipinski definition) is 0. The van der Waals surface area contributed by atoms with Gasteiger partial charge in [0.1, 0.15) is 0 Å². The van der Waals surface area contributed by atoms with Gasteiger partial charge in [0.25, 0.3) is 11.6 Å². The number of non-ortho nitro benzene ring substituents is 1. The minimum absolute atomic E-state index is 0.0591. The normalized spacial score (nSPS) is 11.9. The molecule has 0 bridgehead atoms. The number of aryl methyl sites for hydroxylation is 2. The van der Waals surface area contributed by atoms with Crippen molar-refractivity contribution in [3.05, 3.63) is 68.0 Å². The van der Waals surface area contributed by atoms with Gasteiger partial charge in [-0.3, -0.25) is 14.9 Å². The molecule has 0 aliphatic rings. The van der Waals surface area contributed by atoms with Crippen LogP contribution in [0.1, 0.15) is 28.4 Å². The lowest BCUT2D eigenvalue weighted by molar-refractivity contribution is -0.384. The number of carbonyl (C=O) groups is 1. The van der Waals surface area contributed by atoms with Crippen molar-refractivity contribution >= 4 is 33.1 Å². The third-order valence-electron chi connectivity index (χ3n) is 4.48. The van der Waals surface area contributed by atoms with E-state index in [2.05, 4.69) is 31.0 Å². The lowest BCUT2D eigenvalue weighted by Crippen LogP contribution is -2.19. The fraction of sp³-hybridized carbons (Fsp3) is 0.300. The Labute approximate surface area is 166 Å². The van der Waals surface area contributed by atoms with Crippen LogP contribution < -0.4 is 4.80 Å². The molecular weight excluding hydrogens is 378 g/mol. The van der Waals surface area contributed by atoms with E-state index in [0.29, 0.717) is 30.1 Å². The number of aromatic nitrogens is 1. The molecule has 2 aromatic carbocycles. The van der Waals surface area contributed by atoms with E-state index in [1.54, 1.807) is 0 Å². The van der Waals surface area contributed by atoms with Gasteiger partial charge in [-0.25, -0.2) is 0 Å². The van der Waals surface area contributed by atoms with Crippen LogP contribution in [0.25, 0.3) is 10.2 Å². The topological polar surface area (TPSA) is 86.7 Å². The summed E-state index contributed by atoms with van der Waals surface area (Å²) in [5.74, 6) is -0.431. The number of hydrogen-bond acceptors (Lipinski definition) is 5. The molecule has 3 aromatic rings. The smallest absolute Gasteiger partial charge is 0.279 e. The Balaban J connectivity index is 2.05. The zero-order chi connectivity index (χ0) is 20.3. The van der Waals surface area contributed by atoms with Crippen LogP contribution in [0, 0.1) is 24.0 Å². The van der Waals surface area contributed by atoms with Gasteiger partial charge in [0, 0.05) is 30.8 Å². The van der Waals surface area contributed by atoms with Crippen LogP contribution in [-0.4, -0.2) is 28.6 Å². The highest BCUT2D eigenvalue weighted by Gasteiger charge is 2.12. The summed E-state index contributed by atoms with van der Waals surface area (Å²) in [4.78, 5) is 27.8. The van der Waals surface area contributed by atoms with Crippen molar-refractivity contribution in [2.75, 3.05) is 13.2 Å². The van der Waals surface area contributed by atoms with Gasteiger partial charge in [-0.05, 0) is 56.2 Å². The van der Waals surface area contributed by atoms with Gasteiger partial charge in [-0.15, -0.1) is 0 Å². The van der Waals surface area contributed by atoms with Crippen LogP contribution in [-0.2, 0) is 11.3 Å². The second-order valence-corrected chi connectivity index (χ2v) is 7.37. The van der Waals surface area contributed by atoms with Gasteiger partial charge in [0.05, 0.1) is 21.7 Å². The van der Waals surface area contributed by atoms with Crippen molar-refractivity contribution in [2.45, 2.75) is 27.3 Å². The summed E-state index contributed by atoms with van der Waals surface area (Å²) < 4.78 is 8.53. The van der Waals surface area contributed by atoms with Crippen molar-refractivity contribution in [2.24, 2.45) is 4.99 Å². The molecule has 0 radical (unpaired) electrons. The maximum Gasteiger partial charge on any atom is 0.279 e. The Kier molecular flexibility index (Phi) is 6.01. The molecule has 0 atom stereocenters. The zero-order valence-electron chi connectivity index (χ0n) is 16.0. The van der Waals surface area contributed by atoms with Gasteiger partial charge in [-0.2, -0.15) is 4.99 Å². The number of thiazole rings is 1. The molecule has 1 amide bonds. The Morgan fingerprint density at radius 3 is 2.54 bits per heavy atom. The van der Waals surface area contributed by atoms with E-state index in [0.717, 1.165) is 10.2 Å². The predicted molar refractivity (Wildman–Crippen MR) is 109 cm³/mol. The molecule has 0 fully saturated rings. The molecule has 0 saturated carbocycles. The maximum absolute atomic E-state index is 12.6. The number of nitro benzene ring substituents is 1. The molecule has 146 valence electrons. The summed E-state index contributed by atoms with van der Waals surface area (Å²) in [5.41, 5.74) is 3.62. The van der Waals surface area contributed by atoms with E-state index in [1.165, 1.54) is 46.7 Å². The average Bonchev–Trinajstić information content (AvgIpc) is 2.98. The number of nitro groups is 1. The minimum atomic E-state index is -0.496. The van der Waals surface area contributed by atoms with Crippen molar-refractivity contribution in [1.82, 2.24) is 4.57 Å². The molecule has 1 aromatic heterocycles. The van der Waals surface area contributed by atoms with Gasteiger partial charge >= 0.3 is 0 Å². The van der Waals surface area contributed by atoms with Crippen molar-refractivity contribution in [3.63, 3.8) is 0 Å². The minimum Gasteiger partial charge on any atom is -0.380 e. The highest BCUT2D eigenvalue weighted by molar-refractivity contribution is 7.16. The number of benzene rings is 2. The summed E-state index contributed by atoms with van der Waals surface area (Å²) in [6.45, 7) is 7.77. The van der Waals surface area contributed by atoms with E-state index in [4.69, 9.17) is 4.74 Å². The number of ether oxygens (including phenoxy) is 1. The number of carbonyl (C=O) groups excluding carboxylic acids is 1. The summed E-state index contributed by atoms with van der Waals surface area (Å²) >= 11 is 1.45. The fourth-order valence-electron chi connectivity index (χ4n) is 2.80. The molecule has 0 spiro atoms. The Morgan fingerprint density at radius 1 is 1.21 bits per heavy atom. The van der Waals surface area contributed by atoms with Crippen molar-refractivity contribution < 1.29 is 14.5 Å². The number of rotatable bonds is 6. The third-order valence-corrected chi connectivity index (χ3v) is 5.52. The summed E-state index contributed by atoms with van der Waals surface area (Å²) in [7, 11) is 0. The van der Waals surface area contributed by atoms with E-state index >= 15 is 0 Å². The second-order valence-electron chi connectivity index (χ2n) is 6.36. The predicted octanol–water partition coefficient (Wildman–Crippen LogP) is 4.01. The number of amides is 1. The molecule has 1 heterocycles. The first-order valence-corrected chi connectivity index (χ1v) is 9.74. The van der Waals surface area contributed by atoms with Gasteiger partial charge in [0.15, 0.2) is 4.80 Å². The first kappa shape index (κ1) is 19.9. The van der Waals surface area contributed by atoms with Crippen LogP contribution >= 0.6 is 11.3 Å². The van der Waals surface area contributed by atoms with Crippen LogP contribution in [0.15, 0.2) is 41.4 Å². The van der Waals surface area contributed by atoms with E-state index in [-0.39, 0.29) is 5.69 Å². The van der Waals surface area contributed by atoms with Crippen LogP contribution in [0.4, 0.5) is 5.69 Å². The molecule has 3 rings (SSSR count). The highest BCUT2D eigenvalue weighted by atomic mass is 32.1. The number of nitrogens with zero attached hydrogens (tertiary/aromatic N) is 3.